The summed E-state index contributed by atoms with van der Waals surface area (Å²) in [6.45, 7) is 7.99. The van der Waals surface area contributed by atoms with Gasteiger partial charge < -0.3 is 5.32 Å². The second-order valence-corrected chi connectivity index (χ2v) is 6.66. The average Bonchev–Trinajstić information content (AvgIpc) is 2.38. The van der Waals surface area contributed by atoms with E-state index in [1.165, 1.54) is 18.4 Å². The summed E-state index contributed by atoms with van der Waals surface area (Å²) in [5.74, 6) is 0.723. The fourth-order valence-electron chi connectivity index (χ4n) is 2.07. The van der Waals surface area contributed by atoms with Gasteiger partial charge in [0.05, 0.1) is 0 Å². The lowest BCUT2D eigenvalue weighted by molar-refractivity contribution is 0.427. The summed E-state index contributed by atoms with van der Waals surface area (Å²) in [6.07, 6.45) is 4.63. The molecule has 0 fully saturated rings. The van der Waals surface area contributed by atoms with Gasteiger partial charge in [0, 0.05) is 11.3 Å². The molecule has 0 spiro atoms. The Hall–Kier alpha value is -0.470. The van der Waals surface area contributed by atoms with Crippen LogP contribution in [0.4, 0.5) is 0 Å². The summed E-state index contributed by atoms with van der Waals surface area (Å²) in [5.41, 5.74) is 1.42. The maximum absolute atomic E-state index is 3.72. The number of benzene rings is 1. The third kappa shape index (κ3) is 5.92. The summed E-state index contributed by atoms with van der Waals surface area (Å²) in [5, 5.41) is 4.46. The molecular formula is C16H27NS. The van der Waals surface area contributed by atoms with Crippen LogP contribution in [0.2, 0.25) is 0 Å². The number of nitrogens with one attached hydrogen (secondary N) is 1. The van der Waals surface area contributed by atoms with Crippen LogP contribution in [0.1, 0.15) is 45.2 Å². The highest BCUT2D eigenvalue weighted by molar-refractivity contribution is 7.99. The first kappa shape index (κ1) is 15.6. The highest BCUT2D eigenvalue weighted by Crippen LogP contribution is 2.21. The molecule has 0 radical (unpaired) electrons. The minimum atomic E-state index is 0.500. The Bertz CT molecular complexity index is 310. The molecule has 0 heterocycles. The summed E-state index contributed by atoms with van der Waals surface area (Å²) < 4.78 is 0. The second kappa shape index (κ2) is 8.60. The molecule has 2 heteroatoms. The first-order valence-corrected chi connectivity index (χ1v) is 8.23. The Morgan fingerprint density at radius 3 is 2.33 bits per heavy atom. The zero-order valence-corrected chi connectivity index (χ0v) is 13.0. The molecule has 0 saturated heterocycles. The minimum Gasteiger partial charge on any atom is -0.310 e. The minimum absolute atomic E-state index is 0.500. The van der Waals surface area contributed by atoms with Crippen molar-refractivity contribution >= 4 is 11.8 Å². The Morgan fingerprint density at radius 2 is 1.78 bits per heavy atom. The third-order valence-electron chi connectivity index (χ3n) is 3.25. The van der Waals surface area contributed by atoms with E-state index in [0.717, 1.165) is 17.7 Å². The van der Waals surface area contributed by atoms with Gasteiger partial charge in [0.1, 0.15) is 0 Å². The van der Waals surface area contributed by atoms with Gasteiger partial charge in [-0.05, 0) is 37.1 Å². The van der Waals surface area contributed by atoms with Crippen molar-refractivity contribution in [3.8, 4) is 0 Å². The molecule has 1 N–H and O–H groups in total. The predicted octanol–water partition coefficient (Wildman–Crippen LogP) is 4.51. The van der Waals surface area contributed by atoms with E-state index in [2.05, 4.69) is 62.7 Å². The molecule has 18 heavy (non-hydrogen) atoms. The average molecular weight is 265 g/mol. The van der Waals surface area contributed by atoms with Gasteiger partial charge in [-0.2, -0.15) is 11.8 Å². The van der Waals surface area contributed by atoms with Crippen LogP contribution in [-0.2, 0) is 0 Å². The van der Waals surface area contributed by atoms with Gasteiger partial charge in [-0.15, -0.1) is 0 Å². The SMILES string of the molecule is CSC(C)CCNC(CC(C)C)c1ccccc1. The van der Waals surface area contributed by atoms with E-state index in [4.69, 9.17) is 0 Å². The molecular weight excluding hydrogens is 238 g/mol. The molecule has 1 aromatic rings. The van der Waals surface area contributed by atoms with Gasteiger partial charge in [-0.1, -0.05) is 51.1 Å². The molecule has 1 aromatic carbocycles. The topological polar surface area (TPSA) is 12.0 Å². The molecule has 102 valence electrons. The van der Waals surface area contributed by atoms with Gasteiger partial charge in [0.15, 0.2) is 0 Å². The highest BCUT2D eigenvalue weighted by Gasteiger charge is 2.12. The van der Waals surface area contributed by atoms with Crippen LogP contribution in [0, 0.1) is 5.92 Å². The third-order valence-corrected chi connectivity index (χ3v) is 4.29. The van der Waals surface area contributed by atoms with Gasteiger partial charge in [-0.3, -0.25) is 0 Å². The number of hydrogen-bond donors (Lipinski definition) is 1. The summed E-state index contributed by atoms with van der Waals surface area (Å²) in [4.78, 5) is 0. The van der Waals surface area contributed by atoms with Crippen molar-refractivity contribution in [2.45, 2.75) is 44.9 Å². The van der Waals surface area contributed by atoms with Gasteiger partial charge in [0.2, 0.25) is 0 Å². The van der Waals surface area contributed by atoms with Crippen molar-refractivity contribution in [2.24, 2.45) is 5.92 Å². The molecule has 0 saturated carbocycles. The zero-order chi connectivity index (χ0) is 13.4. The van der Waals surface area contributed by atoms with E-state index < -0.39 is 0 Å². The summed E-state index contributed by atoms with van der Waals surface area (Å²) in [7, 11) is 0. The standard InChI is InChI=1S/C16H27NS/c1-13(2)12-16(15-8-6-5-7-9-15)17-11-10-14(3)18-4/h5-9,13-14,16-17H,10-12H2,1-4H3. The molecule has 0 aliphatic rings. The van der Waals surface area contributed by atoms with E-state index in [1.807, 2.05) is 11.8 Å². The Labute approximate surface area is 117 Å². The van der Waals surface area contributed by atoms with Crippen LogP contribution in [-0.4, -0.2) is 18.1 Å². The Kier molecular flexibility index (Phi) is 7.45. The smallest absolute Gasteiger partial charge is 0.0322 e. The van der Waals surface area contributed by atoms with Gasteiger partial charge in [-0.25, -0.2) is 0 Å². The van der Waals surface area contributed by atoms with E-state index in [-0.39, 0.29) is 0 Å². The Balaban J connectivity index is 2.51. The van der Waals surface area contributed by atoms with Crippen LogP contribution in [0.3, 0.4) is 0 Å². The molecule has 0 aliphatic heterocycles. The number of hydrogen-bond acceptors (Lipinski definition) is 2. The van der Waals surface area contributed by atoms with Crippen LogP contribution < -0.4 is 5.32 Å². The molecule has 0 aromatic heterocycles. The number of thioether (sulfide) groups is 1. The first-order chi connectivity index (χ1) is 8.63. The lowest BCUT2D eigenvalue weighted by atomic mass is 9.97. The highest BCUT2D eigenvalue weighted by atomic mass is 32.2. The van der Waals surface area contributed by atoms with Crippen molar-refractivity contribution in [3.05, 3.63) is 35.9 Å². The quantitative estimate of drug-likeness (QED) is 0.742. The second-order valence-electron chi connectivity index (χ2n) is 5.38. The van der Waals surface area contributed by atoms with Crippen LogP contribution in [0.15, 0.2) is 30.3 Å². The summed E-state index contributed by atoms with van der Waals surface area (Å²) in [6, 6.07) is 11.3. The van der Waals surface area contributed by atoms with E-state index >= 15 is 0 Å². The first-order valence-electron chi connectivity index (χ1n) is 6.94. The maximum Gasteiger partial charge on any atom is 0.0322 e. The molecule has 0 amide bonds. The maximum atomic E-state index is 3.72. The van der Waals surface area contributed by atoms with Crippen LogP contribution >= 0.6 is 11.8 Å². The van der Waals surface area contributed by atoms with E-state index in [0.29, 0.717) is 6.04 Å². The van der Waals surface area contributed by atoms with Crippen LogP contribution in [0.25, 0.3) is 0 Å². The largest absolute Gasteiger partial charge is 0.310 e. The van der Waals surface area contributed by atoms with Gasteiger partial charge >= 0.3 is 0 Å². The van der Waals surface area contributed by atoms with Crippen molar-refractivity contribution < 1.29 is 0 Å². The summed E-state index contributed by atoms with van der Waals surface area (Å²) >= 11 is 1.95. The van der Waals surface area contributed by atoms with Crippen molar-refractivity contribution in [1.82, 2.24) is 5.32 Å². The molecule has 1 nitrogen and oxygen atoms in total. The zero-order valence-electron chi connectivity index (χ0n) is 12.1. The molecule has 0 bridgehead atoms. The molecule has 2 unspecified atom stereocenters. The lowest BCUT2D eigenvalue weighted by Gasteiger charge is -2.22. The predicted molar refractivity (Wildman–Crippen MR) is 84.2 cm³/mol. The normalized spacial score (nSPS) is 14.7. The lowest BCUT2D eigenvalue weighted by Crippen LogP contribution is -2.25. The van der Waals surface area contributed by atoms with Crippen molar-refractivity contribution in [1.29, 1.82) is 0 Å². The van der Waals surface area contributed by atoms with E-state index in [9.17, 15) is 0 Å². The molecule has 2 atom stereocenters. The number of rotatable bonds is 8. The van der Waals surface area contributed by atoms with Crippen LogP contribution in [0.5, 0.6) is 0 Å². The Morgan fingerprint density at radius 1 is 1.11 bits per heavy atom. The fraction of sp³-hybridized carbons (Fsp3) is 0.625. The van der Waals surface area contributed by atoms with Crippen molar-refractivity contribution in [3.63, 3.8) is 0 Å². The van der Waals surface area contributed by atoms with E-state index in [1.54, 1.807) is 0 Å². The fourth-order valence-corrected chi connectivity index (χ4v) is 2.43. The monoisotopic (exact) mass is 265 g/mol. The molecule has 0 aliphatic carbocycles. The molecule has 1 rings (SSSR count). The van der Waals surface area contributed by atoms with Gasteiger partial charge in [0.25, 0.3) is 0 Å². The van der Waals surface area contributed by atoms with Crippen molar-refractivity contribution in [2.75, 3.05) is 12.8 Å².